The van der Waals surface area contributed by atoms with Gasteiger partial charge < -0.3 is 14.1 Å². The summed E-state index contributed by atoms with van der Waals surface area (Å²) in [6, 6.07) is 4.01. The van der Waals surface area contributed by atoms with Gasteiger partial charge in [0.2, 0.25) is 0 Å². The average Bonchev–Trinajstić information content (AvgIpc) is 3.32. The van der Waals surface area contributed by atoms with Crippen LogP contribution >= 0.6 is 0 Å². The molecule has 4 heterocycles. The molecular formula is C19H26N4O2. The minimum absolute atomic E-state index is 0.207. The number of nitrogens with zero attached hydrogens (tertiary/aromatic N) is 4. The highest BCUT2D eigenvalue weighted by atomic mass is 16.5. The fourth-order valence-electron chi connectivity index (χ4n) is 3.79. The number of ether oxygens (including phenoxy) is 1. The van der Waals surface area contributed by atoms with Crippen molar-refractivity contribution in [3.63, 3.8) is 0 Å². The first kappa shape index (κ1) is 16.4. The van der Waals surface area contributed by atoms with E-state index in [0.29, 0.717) is 0 Å². The molecule has 0 aliphatic carbocycles. The van der Waals surface area contributed by atoms with E-state index in [2.05, 4.69) is 25.8 Å². The number of hydrogen-bond acceptors (Lipinski definition) is 6. The van der Waals surface area contributed by atoms with Crippen LogP contribution in [0.15, 0.2) is 22.7 Å². The number of anilines is 1. The predicted octanol–water partition coefficient (Wildman–Crippen LogP) is 2.94. The van der Waals surface area contributed by atoms with Gasteiger partial charge in [0.1, 0.15) is 11.9 Å². The molecule has 0 amide bonds. The van der Waals surface area contributed by atoms with Crippen LogP contribution in [0.1, 0.15) is 36.6 Å². The number of aryl methyl sites for hydroxylation is 2. The minimum atomic E-state index is 0.207. The van der Waals surface area contributed by atoms with Gasteiger partial charge in [0, 0.05) is 45.8 Å². The van der Waals surface area contributed by atoms with Crippen LogP contribution in [0.5, 0.6) is 5.75 Å². The van der Waals surface area contributed by atoms with Gasteiger partial charge in [-0.1, -0.05) is 0 Å². The lowest BCUT2D eigenvalue weighted by molar-refractivity contribution is 0.197. The summed E-state index contributed by atoms with van der Waals surface area (Å²) >= 11 is 0. The largest absolute Gasteiger partial charge is 0.485 e. The monoisotopic (exact) mass is 342 g/mol. The summed E-state index contributed by atoms with van der Waals surface area (Å²) in [5, 5.41) is 0. The average molecular weight is 342 g/mol. The molecule has 0 unspecified atom stereocenters. The molecule has 0 aromatic carbocycles. The molecule has 25 heavy (non-hydrogen) atoms. The standard InChI is InChI=1S/C19H26N4O2/c1-14-17(21-15(2)24-14)13-22-11-7-16(12-22)25-18-6-5-8-20-19(18)23-9-3-4-10-23/h5-6,8,16H,3-4,7,9-13H2,1-2H3/t16-/m0/s1. The molecule has 4 rings (SSSR count). The van der Waals surface area contributed by atoms with E-state index in [9.17, 15) is 0 Å². The fraction of sp³-hybridized carbons (Fsp3) is 0.579. The topological polar surface area (TPSA) is 54.6 Å². The van der Waals surface area contributed by atoms with Crippen LogP contribution in [-0.2, 0) is 6.54 Å². The molecule has 6 heteroatoms. The minimum Gasteiger partial charge on any atom is -0.485 e. The van der Waals surface area contributed by atoms with Crippen molar-refractivity contribution in [2.75, 3.05) is 31.1 Å². The van der Waals surface area contributed by atoms with E-state index in [1.807, 2.05) is 26.1 Å². The molecule has 0 spiro atoms. The lowest BCUT2D eigenvalue weighted by Gasteiger charge is -2.22. The van der Waals surface area contributed by atoms with E-state index in [4.69, 9.17) is 9.15 Å². The highest BCUT2D eigenvalue weighted by Gasteiger charge is 2.27. The Labute approximate surface area is 148 Å². The van der Waals surface area contributed by atoms with Gasteiger partial charge in [-0.3, -0.25) is 4.90 Å². The molecule has 0 bridgehead atoms. The molecular weight excluding hydrogens is 316 g/mol. The van der Waals surface area contributed by atoms with Crippen molar-refractivity contribution in [2.24, 2.45) is 0 Å². The van der Waals surface area contributed by atoms with Crippen molar-refractivity contribution in [2.45, 2.75) is 45.8 Å². The lowest BCUT2D eigenvalue weighted by atomic mass is 10.3. The molecule has 2 aliphatic heterocycles. The maximum atomic E-state index is 6.33. The zero-order valence-electron chi connectivity index (χ0n) is 15.1. The Balaban J connectivity index is 1.39. The molecule has 134 valence electrons. The SMILES string of the molecule is Cc1nc(CN2CC[C@H](Oc3cccnc3N3CCCC3)C2)c(C)o1. The summed E-state index contributed by atoms with van der Waals surface area (Å²) in [4.78, 5) is 13.8. The normalized spacial score (nSPS) is 21.2. The van der Waals surface area contributed by atoms with E-state index in [1.54, 1.807) is 0 Å². The van der Waals surface area contributed by atoms with Crippen molar-refractivity contribution in [3.05, 3.63) is 35.7 Å². The van der Waals surface area contributed by atoms with Gasteiger partial charge in [0.05, 0.1) is 5.69 Å². The van der Waals surface area contributed by atoms with Gasteiger partial charge in [-0.25, -0.2) is 9.97 Å². The molecule has 2 saturated heterocycles. The van der Waals surface area contributed by atoms with Crippen LogP contribution in [0.2, 0.25) is 0 Å². The molecule has 2 aromatic rings. The molecule has 2 aliphatic rings. The second kappa shape index (κ2) is 7.04. The molecule has 0 radical (unpaired) electrons. The highest BCUT2D eigenvalue weighted by Crippen LogP contribution is 2.30. The van der Waals surface area contributed by atoms with Crippen molar-refractivity contribution < 1.29 is 9.15 Å². The fourth-order valence-corrected chi connectivity index (χ4v) is 3.79. The first-order valence-corrected chi connectivity index (χ1v) is 9.21. The Bertz CT molecular complexity index is 724. The van der Waals surface area contributed by atoms with Crippen LogP contribution in [0.3, 0.4) is 0 Å². The predicted molar refractivity (Wildman–Crippen MR) is 96.0 cm³/mol. The Kier molecular flexibility index (Phi) is 4.61. The number of pyridine rings is 1. The van der Waals surface area contributed by atoms with Gasteiger partial charge in [-0.05, 0) is 38.3 Å². The molecule has 2 fully saturated rings. The number of aromatic nitrogens is 2. The summed E-state index contributed by atoms with van der Waals surface area (Å²) in [6.45, 7) is 8.81. The third-order valence-corrected chi connectivity index (χ3v) is 5.05. The third kappa shape index (κ3) is 3.63. The second-order valence-corrected chi connectivity index (χ2v) is 7.02. The molecule has 0 N–H and O–H groups in total. The molecule has 2 aromatic heterocycles. The summed E-state index contributed by atoms with van der Waals surface area (Å²) in [7, 11) is 0. The van der Waals surface area contributed by atoms with Crippen molar-refractivity contribution >= 4 is 5.82 Å². The Morgan fingerprint density at radius 3 is 2.84 bits per heavy atom. The number of oxazole rings is 1. The summed E-state index contributed by atoms with van der Waals surface area (Å²) in [5.74, 6) is 3.58. The molecule has 0 saturated carbocycles. The van der Waals surface area contributed by atoms with E-state index >= 15 is 0 Å². The quantitative estimate of drug-likeness (QED) is 0.833. The molecule has 6 nitrogen and oxygen atoms in total. The first-order chi connectivity index (χ1) is 12.2. The summed E-state index contributed by atoms with van der Waals surface area (Å²) < 4.78 is 11.9. The van der Waals surface area contributed by atoms with Gasteiger partial charge >= 0.3 is 0 Å². The highest BCUT2D eigenvalue weighted by molar-refractivity contribution is 5.52. The smallest absolute Gasteiger partial charge is 0.191 e. The van der Waals surface area contributed by atoms with Gasteiger partial charge in [0.15, 0.2) is 17.5 Å². The summed E-state index contributed by atoms with van der Waals surface area (Å²) in [5.41, 5.74) is 1.04. The number of hydrogen-bond donors (Lipinski definition) is 0. The van der Waals surface area contributed by atoms with Crippen LogP contribution in [0.4, 0.5) is 5.82 Å². The Hall–Kier alpha value is -2.08. The summed E-state index contributed by atoms with van der Waals surface area (Å²) in [6.07, 6.45) is 5.58. The van der Waals surface area contributed by atoms with Crippen LogP contribution in [0, 0.1) is 13.8 Å². The van der Waals surface area contributed by atoms with Crippen LogP contribution in [0.25, 0.3) is 0 Å². The van der Waals surface area contributed by atoms with Crippen LogP contribution in [-0.4, -0.2) is 47.2 Å². The Morgan fingerprint density at radius 2 is 2.08 bits per heavy atom. The van der Waals surface area contributed by atoms with Gasteiger partial charge in [-0.15, -0.1) is 0 Å². The van der Waals surface area contributed by atoms with Crippen LogP contribution < -0.4 is 9.64 Å². The Morgan fingerprint density at radius 1 is 1.24 bits per heavy atom. The van der Waals surface area contributed by atoms with E-state index in [1.165, 1.54) is 12.8 Å². The van der Waals surface area contributed by atoms with E-state index in [0.717, 1.165) is 68.1 Å². The number of rotatable bonds is 5. The molecule has 1 atom stereocenters. The maximum Gasteiger partial charge on any atom is 0.191 e. The van der Waals surface area contributed by atoms with E-state index < -0.39 is 0 Å². The zero-order valence-corrected chi connectivity index (χ0v) is 15.1. The van der Waals surface area contributed by atoms with Gasteiger partial charge in [-0.2, -0.15) is 0 Å². The second-order valence-electron chi connectivity index (χ2n) is 7.02. The van der Waals surface area contributed by atoms with Gasteiger partial charge in [0.25, 0.3) is 0 Å². The van der Waals surface area contributed by atoms with Crippen molar-refractivity contribution in [1.29, 1.82) is 0 Å². The van der Waals surface area contributed by atoms with Crippen molar-refractivity contribution in [1.82, 2.24) is 14.9 Å². The number of likely N-dealkylation sites (tertiary alicyclic amines) is 1. The van der Waals surface area contributed by atoms with Crippen molar-refractivity contribution in [3.8, 4) is 5.75 Å². The first-order valence-electron chi connectivity index (χ1n) is 9.21. The third-order valence-electron chi connectivity index (χ3n) is 5.05. The maximum absolute atomic E-state index is 6.33. The van der Waals surface area contributed by atoms with E-state index in [-0.39, 0.29) is 6.10 Å². The zero-order chi connectivity index (χ0) is 17.2. The lowest BCUT2D eigenvalue weighted by Crippen LogP contribution is -2.26.